The van der Waals surface area contributed by atoms with Crippen molar-refractivity contribution in [3.63, 3.8) is 0 Å². The Hall–Kier alpha value is -2.49. The van der Waals surface area contributed by atoms with Gasteiger partial charge in [-0.2, -0.15) is 0 Å². The van der Waals surface area contributed by atoms with Crippen molar-refractivity contribution < 1.29 is 28.2 Å². The van der Waals surface area contributed by atoms with Crippen molar-refractivity contribution in [1.82, 2.24) is 9.88 Å². The molecule has 0 aliphatic carbocycles. The van der Waals surface area contributed by atoms with E-state index in [1.54, 1.807) is 6.92 Å². The maximum Gasteiger partial charge on any atom is 0.356 e. The van der Waals surface area contributed by atoms with E-state index >= 15 is 0 Å². The molecule has 0 saturated carbocycles. The summed E-state index contributed by atoms with van der Waals surface area (Å²) in [4.78, 5) is 30.4. The van der Waals surface area contributed by atoms with Gasteiger partial charge >= 0.3 is 5.97 Å². The molecule has 4 rings (SSSR count). The van der Waals surface area contributed by atoms with Crippen molar-refractivity contribution >= 4 is 28.5 Å². The lowest BCUT2D eigenvalue weighted by Gasteiger charge is -2.39. The molecule has 1 aromatic heterocycles. The number of nitrogens with one attached hydrogen (secondary N) is 2. The number of rotatable bonds is 5. The van der Waals surface area contributed by atoms with Gasteiger partial charge in [0, 0.05) is 36.8 Å². The van der Waals surface area contributed by atoms with Crippen molar-refractivity contribution in [3.05, 3.63) is 29.7 Å². The SMILES string of the molecule is CCOC(=O)c1[nH]c2ccc(F)cc2c1NC(=O)[C@@H](C)N1CCC2(CC1)OCCO2. The number of ether oxygens (including phenoxy) is 3. The molecular formula is C21H26FN3O5. The maximum absolute atomic E-state index is 13.8. The molecule has 2 saturated heterocycles. The number of likely N-dealkylation sites (tertiary alicyclic amines) is 1. The number of carbonyl (C=O) groups is 2. The quantitative estimate of drug-likeness (QED) is 0.724. The number of H-pyrrole nitrogens is 1. The average molecular weight is 419 g/mol. The second-order valence-corrected chi connectivity index (χ2v) is 7.59. The molecule has 0 bridgehead atoms. The van der Waals surface area contributed by atoms with E-state index in [0.717, 1.165) is 0 Å². The normalized spacial score (nSPS) is 19.8. The number of esters is 1. The molecular weight excluding hydrogens is 393 g/mol. The van der Waals surface area contributed by atoms with Crippen LogP contribution in [0.15, 0.2) is 18.2 Å². The number of aromatic amines is 1. The van der Waals surface area contributed by atoms with E-state index in [4.69, 9.17) is 14.2 Å². The number of piperidine rings is 1. The van der Waals surface area contributed by atoms with Gasteiger partial charge in [-0.15, -0.1) is 0 Å². The van der Waals surface area contributed by atoms with Crippen LogP contribution in [0.4, 0.5) is 10.1 Å². The van der Waals surface area contributed by atoms with Gasteiger partial charge < -0.3 is 24.5 Å². The maximum atomic E-state index is 13.8. The first kappa shape index (κ1) is 20.8. The van der Waals surface area contributed by atoms with Gasteiger partial charge in [0.15, 0.2) is 5.79 Å². The number of anilines is 1. The number of benzene rings is 1. The topological polar surface area (TPSA) is 92.9 Å². The third-order valence-electron chi connectivity index (χ3n) is 5.79. The van der Waals surface area contributed by atoms with E-state index in [2.05, 4.69) is 10.3 Å². The summed E-state index contributed by atoms with van der Waals surface area (Å²) in [6, 6.07) is 3.66. The standard InChI is InChI=1S/C21H26FN3O5/c1-3-28-20(27)18-17(15-12-14(22)4-5-16(15)23-18)24-19(26)13(2)25-8-6-21(7-9-25)29-10-11-30-21/h4-5,12-13,23H,3,6-11H2,1-2H3,(H,24,26)/t13-/m1/s1. The highest BCUT2D eigenvalue weighted by Crippen LogP contribution is 2.33. The fourth-order valence-electron chi connectivity index (χ4n) is 4.08. The van der Waals surface area contributed by atoms with Crippen LogP contribution in [0, 0.1) is 5.82 Å². The molecule has 2 aromatic rings. The van der Waals surface area contributed by atoms with Crippen molar-refractivity contribution in [2.24, 2.45) is 0 Å². The summed E-state index contributed by atoms with van der Waals surface area (Å²) in [7, 11) is 0. The van der Waals surface area contributed by atoms with Gasteiger partial charge in [-0.3, -0.25) is 9.69 Å². The minimum absolute atomic E-state index is 0.100. The smallest absolute Gasteiger partial charge is 0.356 e. The molecule has 162 valence electrons. The van der Waals surface area contributed by atoms with Crippen molar-refractivity contribution in [3.8, 4) is 0 Å². The van der Waals surface area contributed by atoms with E-state index in [1.807, 2.05) is 11.8 Å². The third kappa shape index (κ3) is 3.92. The van der Waals surface area contributed by atoms with E-state index in [0.29, 0.717) is 50.0 Å². The van der Waals surface area contributed by atoms with E-state index in [1.165, 1.54) is 18.2 Å². The number of nitrogens with zero attached hydrogens (tertiary/aromatic N) is 1. The molecule has 9 heteroatoms. The van der Waals surface area contributed by atoms with Gasteiger partial charge in [-0.25, -0.2) is 9.18 Å². The van der Waals surface area contributed by atoms with Crippen LogP contribution in [0.25, 0.3) is 10.9 Å². The molecule has 2 N–H and O–H groups in total. The molecule has 1 spiro atoms. The van der Waals surface area contributed by atoms with Crippen LogP contribution in [0.1, 0.15) is 37.2 Å². The van der Waals surface area contributed by atoms with E-state index in [9.17, 15) is 14.0 Å². The first-order valence-corrected chi connectivity index (χ1v) is 10.2. The Kier molecular flexibility index (Phi) is 5.77. The molecule has 0 unspecified atom stereocenters. The van der Waals surface area contributed by atoms with Crippen molar-refractivity contribution in [2.45, 2.75) is 38.5 Å². The van der Waals surface area contributed by atoms with Crippen LogP contribution < -0.4 is 5.32 Å². The molecule has 0 radical (unpaired) electrons. The Morgan fingerprint density at radius 3 is 2.67 bits per heavy atom. The number of amides is 1. The highest BCUT2D eigenvalue weighted by molar-refractivity contribution is 6.11. The molecule has 1 atom stereocenters. The van der Waals surface area contributed by atoms with Gasteiger partial charge in [0.2, 0.25) is 5.91 Å². The summed E-state index contributed by atoms with van der Waals surface area (Å²) < 4.78 is 30.4. The van der Waals surface area contributed by atoms with Crippen LogP contribution in [0.5, 0.6) is 0 Å². The lowest BCUT2D eigenvalue weighted by atomic mass is 10.0. The molecule has 2 fully saturated rings. The zero-order valence-corrected chi connectivity index (χ0v) is 17.1. The molecule has 8 nitrogen and oxygen atoms in total. The Balaban J connectivity index is 1.52. The van der Waals surface area contributed by atoms with Crippen LogP contribution in [0.2, 0.25) is 0 Å². The Morgan fingerprint density at radius 1 is 1.30 bits per heavy atom. The summed E-state index contributed by atoms with van der Waals surface area (Å²) in [6.07, 6.45) is 1.38. The molecule has 1 amide bonds. The number of fused-ring (bicyclic) bond motifs is 1. The summed E-state index contributed by atoms with van der Waals surface area (Å²) in [5, 5.41) is 3.24. The van der Waals surface area contributed by atoms with Gasteiger partial charge in [-0.1, -0.05) is 0 Å². The Bertz CT molecular complexity index is 944. The second-order valence-electron chi connectivity index (χ2n) is 7.59. The van der Waals surface area contributed by atoms with Crippen LogP contribution in [0.3, 0.4) is 0 Å². The van der Waals surface area contributed by atoms with Gasteiger partial charge in [0.25, 0.3) is 0 Å². The summed E-state index contributed by atoms with van der Waals surface area (Å²) in [5.74, 6) is -1.86. The monoisotopic (exact) mass is 419 g/mol. The minimum atomic E-state index is -0.604. The van der Waals surface area contributed by atoms with E-state index in [-0.39, 0.29) is 23.9 Å². The fourth-order valence-corrected chi connectivity index (χ4v) is 4.08. The van der Waals surface area contributed by atoms with Gasteiger partial charge in [0.05, 0.1) is 31.5 Å². The number of hydrogen-bond acceptors (Lipinski definition) is 6. The van der Waals surface area contributed by atoms with E-state index < -0.39 is 23.6 Å². The Morgan fingerprint density at radius 2 is 2.00 bits per heavy atom. The predicted octanol–water partition coefficient (Wildman–Crippen LogP) is 2.65. The minimum Gasteiger partial charge on any atom is -0.461 e. The predicted molar refractivity (Wildman–Crippen MR) is 108 cm³/mol. The van der Waals surface area contributed by atoms with Crippen molar-refractivity contribution in [1.29, 1.82) is 0 Å². The number of carbonyl (C=O) groups excluding carboxylic acids is 2. The van der Waals surface area contributed by atoms with Crippen LogP contribution in [-0.4, -0.2) is 66.5 Å². The fraction of sp³-hybridized carbons (Fsp3) is 0.524. The number of hydrogen-bond donors (Lipinski definition) is 2. The van der Waals surface area contributed by atoms with Crippen LogP contribution >= 0.6 is 0 Å². The summed E-state index contributed by atoms with van der Waals surface area (Å²) in [6.45, 7) is 6.20. The molecule has 1 aromatic carbocycles. The van der Waals surface area contributed by atoms with Gasteiger partial charge in [0.1, 0.15) is 11.5 Å². The summed E-state index contributed by atoms with van der Waals surface area (Å²) in [5.41, 5.74) is 0.872. The zero-order chi connectivity index (χ0) is 21.3. The van der Waals surface area contributed by atoms with Gasteiger partial charge in [-0.05, 0) is 32.0 Å². The molecule has 3 heterocycles. The lowest BCUT2D eigenvalue weighted by Crippen LogP contribution is -2.51. The van der Waals surface area contributed by atoms with Crippen LogP contribution in [-0.2, 0) is 19.0 Å². The number of aromatic nitrogens is 1. The third-order valence-corrected chi connectivity index (χ3v) is 5.79. The molecule has 30 heavy (non-hydrogen) atoms. The Labute approximate surface area is 173 Å². The summed E-state index contributed by atoms with van der Waals surface area (Å²) >= 11 is 0. The molecule has 2 aliphatic heterocycles. The highest BCUT2D eigenvalue weighted by atomic mass is 19.1. The second kappa shape index (κ2) is 8.33. The first-order chi connectivity index (χ1) is 14.4. The highest BCUT2D eigenvalue weighted by Gasteiger charge is 2.41. The molecule has 2 aliphatic rings. The average Bonchev–Trinajstić information content (AvgIpc) is 3.33. The zero-order valence-electron chi connectivity index (χ0n) is 17.1. The lowest BCUT2D eigenvalue weighted by molar-refractivity contribution is -0.187. The number of halogens is 1. The van der Waals surface area contributed by atoms with Crippen molar-refractivity contribution in [2.75, 3.05) is 38.2 Å². The largest absolute Gasteiger partial charge is 0.461 e. The first-order valence-electron chi connectivity index (χ1n) is 10.2.